The molecule has 0 aliphatic rings. The summed E-state index contributed by atoms with van der Waals surface area (Å²) >= 11 is 0. The summed E-state index contributed by atoms with van der Waals surface area (Å²) in [7, 11) is 0. The number of aromatic carboxylic acids is 1. The van der Waals surface area contributed by atoms with Gasteiger partial charge in [-0.25, -0.2) is 4.79 Å². The summed E-state index contributed by atoms with van der Waals surface area (Å²) in [4.78, 5) is 25.8. The first-order valence-electron chi connectivity index (χ1n) is 4.92. The Morgan fingerprint density at radius 3 is 2.69 bits per heavy atom. The van der Waals surface area contributed by atoms with E-state index in [-0.39, 0.29) is 17.2 Å². The smallest absolute Gasteiger partial charge is 0.337 e. The Morgan fingerprint density at radius 1 is 1.44 bits per heavy atom. The number of carboxylic acids is 1. The highest BCUT2D eigenvalue weighted by Gasteiger charge is 2.08. The van der Waals surface area contributed by atoms with Crippen molar-refractivity contribution in [2.75, 3.05) is 6.54 Å². The first-order chi connectivity index (χ1) is 7.65. The van der Waals surface area contributed by atoms with Crippen LogP contribution in [0.15, 0.2) is 18.3 Å². The highest BCUT2D eigenvalue weighted by atomic mass is 16.4. The van der Waals surface area contributed by atoms with Crippen LogP contribution in [0.5, 0.6) is 0 Å². The summed E-state index contributed by atoms with van der Waals surface area (Å²) in [6.45, 7) is 4.20. The molecule has 1 amide bonds. The average molecular weight is 221 g/mol. The number of carboxylic acid groups (broad SMARTS) is 1. The van der Waals surface area contributed by atoms with E-state index >= 15 is 0 Å². The van der Waals surface area contributed by atoms with Crippen molar-refractivity contribution in [3.63, 3.8) is 0 Å². The number of aromatic nitrogens is 1. The fourth-order valence-corrected chi connectivity index (χ4v) is 1.07. The van der Waals surface area contributed by atoms with Gasteiger partial charge in [0, 0.05) is 12.7 Å². The van der Waals surface area contributed by atoms with Crippen molar-refractivity contribution >= 4 is 11.9 Å². The molecule has 5 heteroatoms. The van der Waals surface area contributed by atoms with Gasteiger partial charge in [-0.3, -0.25) is 9.78 Å². The zero-order valence-electron chi connectivity index (χ0n) is 8.77. The molecule has 0 saturated heterocycles. The van der Waals surface area contributed by atoms with Gasteiger partial charge in [-0.15, -0.1) is 0 Å². The van der Waals surface area contributed by atoms with E-state index < -0.39 is 5.97 Å². The molecule has 1 aromatic rings. The second-order valence-electron chi connectivity index (χ2n) is 3.20. The maximum atomic E-state index is 11.5. The molecule has 85 valence electrons. The predicted molar refractivity (Wildman–Crippen MR) is 58.1 cm³/mol. The third kappa shape index (κ3) is 3.34. The summed E-state index contributed by atoms with van der Waals surface area (Å²) < 4.78 is 0. The first-order valence-corrected chi connectivity index (χ1v) is 4.92. The SMILES string of the molecule is [CH2]CCCNC(=O)c1ccc(C(=O)O)cn1. The minimum atomic E-state index is -1.06. The summed E-state index contributed by atoms with van der Waals surface area (Å²) in [5, 5.41) is 11.3. The molecule has 16 heavy (non-hydrogen) atoms. The second kappa shape index (κ2) is 5.85. The van der Waals surface area contributed by atoms with E-state index in [1.54, 1.807) is 0 Å². The van der Waals surface area contributed by atoms with E-state index in [2.05, 4.69) is 17.2 Å². The lowest BCUT2D eigenvalue weighted by atomic mass is 10.2. The van der Waals surface area contributed by atoms with Crippen LogP contribution in [0.2, 0.25) is 0 Å². The summed E-state index contributed by atoms with van der Waals surface area (Å²) in [6, 6.07) is 2.74. The largest absolute Gasteiger partial charge is 0.478 e. The lowest BCUT2D eigenvalue weighted by Crippen LogP contribution is -2.25. The average Bonchev–Trinajstić information content (AvgIpc) is 2.29. The molecule has 2 N–H and O–H groups in total. The molecule has 1 rings (SSSR count). The number of unbranched alkanes of at least 4 members (excludes halogenated alkanes) is 1. The Kier molecular flexibility index (Phi) is 4.44. The first kappa shape index (κ1) is 12.2. The van der Waals surface area contributed by atoms with E-state index in [1.807, 2.05) is 0 Å². The Morgan fingerprint density at radius 2 is 2.19 bits per heavy atom. The van der Waals surface area contributed by atoms with Gasteiger partial charge in [-0.2, -0.15) is 0 Å². The maximum Gasteiger partial charge on any atom is 0.337 e. The van der Waals surface area contributed by atoms with Gasteiger partial charge in [-0.1, -0.05) is 13.3 Å². The van der Waals surface area contributed by atoms with Gasteiger partial charge in [0.15, 0.2) is 0 Å². The van der Waals surface area contributed by atoms with Crippen LogP contribution in [0.1, 0.15) is 33.7 Å². The van der Waals surface area contributed by atoms with Crippen LogP contribution in [0.3, 0.4) is 0 Å². The molecule has 0 aromatic carbocycles. The molecule has 0 saturated carbocycles. The third-order valence-corrected chi connectivity index (χ3v) is 1.96. The zero-order valence-corrected chi connectivity index (χ0v) is 8.77. The second-order valence-corrected chi connectivity index (χ2v) is 3.20. The molecular formula is C11H13N2O3. The summed E-state index contributed by atoms with van der Waals surface area (Å²) in [5.41, 5.74) is 0.281. The van der Waals surface area contributed by atoms with Crippen LogP contribution in [0.25, 0.3) is 0 Å². The van der Waals surface area contributed by atoms with Crippen molar-refractivity contribution in [1.29, 1.82) is 0 Å². The number of hydrogen-bond acceptors (Lipinski definition) is 3. The van der Waals surface area contributed by atoms with Gasteiger partial charge in [0.2, 0.25) is 0 Å². The standard InChI is InChI=1S/C11H13N2O3/c1-2-3-6-12-10(14)9-5-4-8(7-13-9)11(15)16/h4-5,7H,1-3,6H2,(H,12,14)(H,15,16). The number of nitrogens with one attached hydrogen (secondary N) is 1. The van der Waals surface area contributed by atoms with E-state index in [4.69, 9.17) is 5.11 Å². The van der Waals surface area contributed by atoms with Crippen LogP contribution in [-0.2, 0) is 0 Å². The van der Waals surface area contributed by atoms with Gasteiger partial charge >= 0.3 is 5.97 Å². The van der Waals surface area contributed by atoms with Gasteiger partial charge in [0.25, 0.3) is 5.91 Å². The number of nitrogens with zero attached hydrogens (tertiary/aromatic N) is 1. The molecule has 0 aliphatic carbocycles. The molecule has 0 aliphatic heterocycles. The van der Waals surface area contributed by atoms with Crippen LogP contribution in [0.4, 0.5) is 0 Å². The molecule has 0 spiro atoms. The minimum absolute atomic E-state index is 0.0642. The number of hydrogen-bond donors (Lipinski definition) is 2. The fourth-order valence-electron chi connectivity index (χ4n) is 1.07. The van der Waals surface area contributed by atoms with Gasteiger partial charge in [0.1, 0.15) is 5.69 Å². The number of amides is 1. The Balaban J connectivity index is 2.59. The number of pyridine rings is 1. The van der Waals surface area contributed by atoms with Crippen molar-refractivity contribution in [3.05, 3.63) is 36.5 Å². The third-order valence-electron chi connectivity index (χ3n) is 1.96. The Labute approximate surface area is 93.5 Å². The van der Waals surface area contributed by atoms with Crippen LogP contribution in [-0.4, -0.2) is 28.5 Å². The highest BCUT2D eigenvalue weighted by Crippen LogP contribution is 2.00. The quantitative estimate of drug-likeness (QED) is 0.730. The van der Waals surface area contributed by atoms with Crippen LogP contribution < -0.4 is 5.32 Å². The maximum absolute atomic E-state index is 11.5. The lowest BCUT2D eigenvalue weighted by Gasteiger charge is -2.03. The van der Waals surface area contributed by atoms with E-state index in [1.165, 1.54) is 18.3 Å². The highest BCUT2D eigenvalue weighted by molar-refractivity contribution is 5.93. The molecule has 5 nitrogen and oxygen atoms in total. The summed E-state index contributed by atoms with van der Waals surface area (Å²) in [5.74, 6) is -1.36. The molecule has 0 bridgehead atoms. The van der Waals surface area contributed by atoms with Crippen LogP contribution in [0, 0.1) is 6.92 Å². The van der Waals surface area contributed by atoms with E-state index in [9.17, 15) is 9.59 Å². The minimum Gasteiger partial charge on any atom is -0.478 e. The van der Waals surface area contributed by atoms with Crippen molar-refractivity contribution in [3.8, 4) is 0 Å². The molecule has 0 unspecified atom stereocenters. The normalized spacial score (nSPS) is 9.81. The van der Waals surface area contributed by atoms with Crippen LogP contribution >= 0.6 is 0 Å². The molecule has 1 radical (unpaired) electrons. The molecule has 1 aromatic heterocycles. The van der Waals surface area contributed by atoms with E-state index in [0.29, 0.717) is 6.54 Å². The van der Waals surface area contributed by atoms with Crippen molar-refractivity contribution in [1.82, 2.24) is 10.3 Å². The molecule has 1 heterocycles. The predicted octanol–water partition coefficient (Wildman–Crippen LogP) is 1.12. The monoisotopic (exact) mass is 221 g/mol. The lowest BCUT2D eigenvalue weighted by molar-refractivity contribution is 0.0695. The topological polar surface area (TPSA) is 79.3 Å². The van der Waals surface area contributed by atoms with Crippen molar-refractivity contribution in [2.24, 2.45) is 0 Å². The molecule has 0 atom stereocenters. The molecule has 0 fully saturated rings. The van der Waals surface area contributed by atoms with Crippen molar-refractivity contribution in [2.45, 2.75) is 12.8 Å². The number of rotatable bonds is 5. The van der Waals surface area contributed by atoms with Gasteiger partial charge in [-0.05, 0) is 18.6 Å². The Bertz CT molecular complexity index is 373. The Hall–Kier alpha value is -1.91. The summed E-state index contributed by atoms with van der Waals surface area (Å²) in [6.07, 6.45) is 2.73. The van der Waals surface area contributed by atoms with E-state index in [0.717, 1.165) is 12.8 Å². The fraction of sp³-hybridized carbons (Fsp3) is 0.273. The zero-order chi connectivity index (χ0) is 12.0. The molecular weight excluding hydrogens is 208 g/mol. The number of carbonyl (C=O) groups is 2. The number of carbonyl (C=O) groups excluding carboxylic acids is 1. The van der Waals surface area contributed by atoms with Crippen molar-refractivity contribution < 1.29 is 14.7 Å². The van der Waals surface area contributed by atoms with Gasteiger partial charge in [0.05, 0.1) is 5.56 Å². The van der Waals surface area contributed by atoms with Gasteiger partial charge < -0.3 is 10.4 Å².